The summed E-state index contributed by atoms with van der Waals surface area (Å²) in [5.74, 6) is 0.201. The van der Waals surface area contributed by atoms with Crippen LogP contribution in [0, 0.1) is 6.92 Å². The van der Waals surface area contributed by atoms with Crippen molar-refractivity contribution in [3.8, 4) is 6.01 Å². The summed E-state index contributed by atoms with van der Waals surface area (Å²) in [7, 11) is 0. The average Bonchev–Trinajstić information content (AvgIpc) is 2.86. The van der Waals surface area contributed by atoms with Crippen LogP contribution in [0.25, 0.3) is 0 Å². The van der Waals surface area contributed by atoms with E-state index in [9.17, 15) is 4.79 Å². The molecule has 0 atom stereocenters. The molecule has 0 radical (unpaired) electrons. The van der Waals surface area contributed by atoms with Crippen molar-refractivity contribution < 1.29 is 9.53 Å². The van der Waals surface area contributed by atoms with E-state index < -0.39 is 0 Å². The molecule has 0 unspecified atom stereocenters. The Labute approximate surface area is 117 Å². The van der Waals surface area contributed by atoms with E-state index >= 15 is 0 Å². The number of nitrogens with zero attached hydrogens (tertiary/aromatic N) is 2. The number of ether oxygens (including phenoxy) is 1. The Balaban J connectivity index is 1.81. The molecule has 1 aromatic carbocycles. The number of hydrogen-bond acceptors (Lipinski definition) is 4. The van der Waals surface area contributed by atoms with Crippen molar-refractivity contribution in [2.45, 2.75) is 26.7 Å². The monoisotopic (exact) mass is 274 g/mol. The van der Waals surface area contributed by atoms with Gasteiger partial charge in [-0.05, 0) is 25.8 Å². The third kappa shape index (κ3) is 4.08. The van der Waals surface area contributed by atoms with Gasteiger partial charge in [-0.25, -0.2) is 5.10 Å². The van der Waals surface area contributed by atoms with Gasteiger partial charge < -0.3 is 4.74 Å². The predicted octanol–water partition coefficient (Wildman–Crippen LogP) is 2.08. The number of aryl methyl sites for hydroxylation is 2. The molecule has 6 nitrogen and oxygen atoms in total. The second kappa shape index (κ2) is 6.70. The van der Waals surface area contributed by atoms with Gasteiger partial charge in [0.25, 0.3) is 0 Å². The van der Waals surface area contributed by atoms with Crippen LogP contribution >= 0.6 is 0 Å². The van der Waals surface area contributed by atoms with E-state index in [2.05, 4.69) is 20.5 Å². The largest absolute Gasteiger partial charge is 0.463 e. The normalized spacial score (nSPS) is 10.3. The van der Waals surface area contributed by atoms with Crippen LogP contribution in [0.1, 0.15) is 24.5 Å². The number of hydrogen-bond donors (Lipinski definition) is 2. The van der Waals surface area contributed by atoms with E-state index in [4.69, 9.17) is 4.74 Å². The SMILES string of the molecule is CCOc1n[nH]c(NC(=O)CCc2ccc(C)cc2)n1. The molecule has 1 heterocycles. The van der Waals surface area contributed by atoms with Gasteiger partial charge in [0.2, 0.25) is 11.9 Å². The minimum atomic E-state index is -0.107. The summed E-state index contributed by atoms with van der Waals surface area (Å²) < 4.78 is 5.10. The van der Waals surface area contributed by atoms with Crippen molar-refractivity contribution in [1.29, 1.82) is 0 Å². The molecule has 0 spiro atoms. The molecule has 0 aliphatic heterocycles. The van der Waals surface area contributed by atoms with Gasteiger partial charge in [-0.3, -0.25) is 10.1 Å². The molecule has 0 aliphatic rings. The summed E-state index contributed by atoms with van der Waals surface area (Å²) in [6, 6.07) is 8.38. The Morgan fingerprint density at radius 1 is 1.35 bits per heavy atom. The van der Waals surface area contributed by atoms with Crippen molar-refractivity contribution in [2.75, 3.05) is 11.9 Å². The van der Waals surface area contributed by atoms with Crippen molar-refractivity contribution in [2.24, 2.45) is 0 Å². The molecule has 0 aliphatic carbocycles. The summed E-state index contributed by atoms with van der Waals surface area (Å²) >= 11 is 0. The van der Waals surface area contributed by atoms with E-state index in [1.807, 2.05) is 38.1 Å². The molecule has 0 saturated heterocycles. The molecule has 0 bridgehead atoms. The zero-order valence-electron chi connectivity index (χ0n) is 11.6. The number of aromatic nitrogens is 3. The Bertz CT molecular complexity index is 563. The van der Waals surface area contributed by atoms with Gasteiger partial charge in [0.1, 0.15) is 0 Å². The van der Waals surface area contributed by atoms with Crippen molar-refractivity contribution >= 4 is 11.9 Å². The molecule has 0 saturated carbocycles. The second-order valence-electron chi connectivity index (χ2n) is 4.43. The van der Waals surface area contributed by atoms with E-state index in [1.165, 1.54) is 5.56 Å². The van der Waals surface area contributed by atoms with Crippen LogP contribution in [0.15, 0.2) is 24.3 Å². The number of H-pyrrole nitrogens is 1. The summed E-state index contributed by atoms with van der Waals surface area (Å²) in [6.45, 7) is 4.37. The third-order valence-electron chi connectivity index (χ3n) is 2.76. The van der Waals surface area contributed by atoms with Gasteiger partial charge in [-0.1, -0.05) is 29.8 Å². The smallest absolute Gasteiger partial charge is 0.337 e. The van der Waals surface area contributed by atoms with Crippen LogP contribution < -0.4 is 10.1 Å². The van der Waals surface area contributed by atoms with Crippen LogP contribution in [0.4, 0.5) is 5.95 Å². The zero-order valence-corrected chi connectivity index (χ0v) is 11.6. The van der Waals surface area contributed by atoms with Gasteiger partial charge in [0, 0.05) is 6.42 Å². The molecule has 1 amide bonds. The molecule has 0 fully saturated rings. The lowest BCUT2D eigenvalue weighted by Gasteiger charge is -2.02. The maximum Gasteiger partial charge on any atom is 0.337 e. The first-order chi connectivity index (χ1) is 9.67. The standard InChI is InChI=1S/C14H18N4O2/c1-3-20-14-16-13(17-18-14)15-12(19)9-8-11-6-4-10(2)5-7-11/h4-7H,3,8-9H2,1-2H3,(H2,15,16,17,18,19). The van der Waals surface area contributed by atoms with Crippen molar-refractivity contribution in [3.05, 3.63) is 35.4 Å². The van der Waals surface area contributed by atoms with Crippen molar-refractivity contribution in [1.82, 2.24) is 15.2 Å². The number of benzene rings is 1. The van der Waals surface area contributed by atoms with E-state index in [0.717, 1.165) is 5.56 Å². The Kier molecular flexibility index (Phi) is 4.70. The molecule has 2 rings (SSSR count). The molecule has 2 aromatic rings. The van der Waals surface area contributed by atoms with Crippen LogP contribution in [0.5, 0.6) is 6.01 Å². The third-order valence-corrected chi connectivity index (χ3v) is 2.76. The molecular formula is C14H18N4O2. The summed E-state index contributed by atoms with van der Waals surface area (Å²) in [6.07, 6.45) is 1.09. The van der Waals surface area contributed by atoms with Crippen LogP contribution in [-0.4, -0.2) is 27.7 Å². The van der Waals surface area contributed by atoms with Gasteiger partial charge in [0.15, 0.2) is 0 Å². The lowest BCUT2D eigenvalue weighted by Crippen LogP contribution is -2.13. The minimum absolute atomic E-state index is 0.107. The second-order valence-corrected chi connectivity index (χ2v) is 4.43. The van der Waals surface area contributed by atoms with Gasteiger partial charge in [-0.15, -0.1) is 5.10 Å². The Morgan fingerprint density at radius 2 is 2.10 bits per heavy atom. The average molecular weight is 274 g/mol. The zero-order chi connectivity index (χ0) is 14.4. The minimum Gasteiger partial charge on any atom is -0.463 e. The van der Waals surface area contributed by atoms with Gasteiger partial charge >= 0.3 is 6.01 Å². The lowest BCUT2D eigenvalue weighted by molar-refractivity contribution is -0.116. The first-order valence-electron chi connectivity index (χ1n) is 6.58. The number of anilines is 1. The van der Waals surface area contributed by atoms with Crippen LogP contribution in [-0.2, 0) is 11.2 Å². The Morgan fingerprint density at radius 3 is 2.80 bits per heavy atom. The number of aromatic amines is 1. The van der Waals surface area contributed by atoms with Crippen LogP contribution in [0.2, 0.25) is 0 Å². The van der Waals surface area contributed by atoms with E-state index in [1.54, 1.807) is 0 Å². The first-order valence-corrected chi connectivity index (χ1v) is 6.58. The van der Waals surface area contributed by atoms with Gasteiger partial charge in [0.05, 0.1) is 6.61 Å². The van der Waals surface area contributed by atoms with E-state index in [0.29, 0.717) is 25.4 Å². The number of carbonyl (C=O) groups is 1. The molecule has 20 heavy (non-hydrogen) atoms. The summed E-state index contributed by atoms with van der Waals surface area (Å²) in [5, 5.41) is 9.08. The highest BCUT2D eigenvalue weighted by molar-refractivity contribution is 5.89. The fraction of sp³-hybridized carbons (Fsp3) is 0.357. The van der Waals surface area contributed by atoms with Crippen LogP contribution in [0.3, 0.4) is 0 Å². The fourth-order valence-electron chi connectivity index (χ4n) is 1.70. The highest BCUT2D eigenvalue weighted by Crippen LogP contribution is 2.08. The van der Waals surface area contributed by atoms with E-state index in [-0.39, 0.29) is 11.9 Å². The Hall–Kier alpha value is -2.37. The number of rotatable bonds is 6. The molecule has 106 valence electrons. The van der Waals surface area contributed by atoms with Crippen molar-refractivity contribution in [3.63, 3.8) is 0 Å². The van der Waals surface area contributed by atoms with Gasteiger partial charge in [-0.2, -0.15) is 4.98 Å². The lowest BCUT2D eigenvalue weighted by atomic mass is 10.1. The predicted molar refractivity (Wildman–Crippen MR) is 75.7 cm³/mol. The molecule has 2 N–H and O–H groups in total. The first kappa shape index (κ1) is 14.0. The number of nitrogens with one attached hydrogen (secondary N) is 2. The summed E-state index contributed by atoms with van der Waals surface area (Å²) in [5.41, 5.74) is 2.35. The fourth-order valence-corrected chi connectivity index (χ4v) is 1.70. The maximum absolute atomic E-state index is 11.8. The molecule has 1 aromatic heterocycles. The quantitative estimate of drug-likeness (QED) is 0.845. The highest BCUT2D eigenvalue weighted by Gasteiger charge is 2.07. The maximum atomic E-state index is 11.8. The summed E-state index contributed by atoms with van der Waals surface area (Å²) in [4.78, 5) is 15.8. The number of amides is 1. The molecular weight excluding hydrogens is 256 g/mol. The highest BCUT2D eigenvalue weighted by atomic mass is 16.5. The number of carbonyl (C=O) groups excluding carboxylic acids is 1. The topological polar surface area (TPSA) is 79.9 Å². The molecule has 6 heteroatoms.